The normalized spacial score (nSPS) is 21.1. The summed E-state index contributed by atoms with van der Waals surface area (Å²) in [6, 6.07) is 3.04. The Bertz CT molecular complexity index is 483. The molecule has 1 aliphatic rings. The standard InChI is InChI=1S/C13H17FN2O/c1-7-4-8(15)5-9(11(7)14)12(17)16-10-6-13(10,2)3/h4-5,10H,6,15H2,1-3H3,(H,16,17). The van der Waals surface area contributed by atoms with E-state index in [1.807, 2.05) is 0 Å². The molecule has 1 amide bonds. The van der Waals surface area contributed by atoms with E-state index in [4.69, 9.17) is 5.73 Å². The molecule has 1 atom stereocenters. The molecule has 0 aromatic heterocycles. The number of nitrogen functional groups attached to an aromatic ring is 1. The van der Waals surface area contributed by atoms with Gasteiger partial charge in [-0.2, -0.15) is 0 Å². The fraction of sp³-hybridized carbons (Fsp3) is 0.462. The molecule has 0 bridgehead atoms. The molecule has 1 aromatic carbocycles. The maximum absolute atomic E-state index is 13.8. The monoisotopic (exact) mass is 236 g/mol. The molecule has 1 unspecified atom stereocenters. The highest BCUT2D eigenvalue weighted by Crippen LogP contribution is 2.44. The number of nitrogens with one attached hydrogen (secondary N) is 1. The molecule has 0 heterocycles. The zero-order valence-corrected chi connectivity index (χ0v) is 10.3. The lowest BCUT2D eigenvalue weighted by atomic mass is 10.1. The van der Waals surface area contributed by atoms with E-state index in [1.165, 1.54) is 12.1 Å². The summed E-state index contributed by atoms with van der Waals surface area (Å²) in [5, 5.41) is 2.82. The van der Waals surface area contributed by atoms with E-state index in [9.17, 15) is 9.18 Å². The van der Waals surface area contributed by atoms with Crippen LogP contribution in [0, 0.1) is 18.2 Å². The predicted octanol–water partition coefficient (Wildman–Crippen LogP) is 2.24. The Balaban J connectivity index is 2.20. The summed E-state index contributed by atoms with van der Waals surface area (Å²) in [4.78, 5) is 11.9. The van der Waals surface area contributed by atoms with Crippen LogP contribution in [0.1, 0.15) is 36.2 Å². The summed E-state index contributed by atoms with van der Waals surface area (Å²) in [5.41, 5.74) is 6.58. The highest BCUT2D eigenvalue weighted by Gasteiger charge is 2.46. The van der Waals surface area contributed by atoms with Crippen molar-refractivity contribution < 1.29 is 9.18 Å². The van der Waals surface area contributed by atoms with Crippen molar-refractivity contribution in [3.63, 3.8) is 0 Å². The van der Waals surface area contributed by atoms with E-state index in [1.54, 1.807) is 6.92 Å². The molecule has 1 aromatic rings. The summed E-state index contributed by atoms with van der Waals surface area (Å²) < 4.78 is 13.8. The SMILES string of the molecule is Cc1cc(N)cc(C(=O)NC2CC2(C)C)c1F. The molecule has 0 aliphatic heterocycles. The van der Waals surface area contributed by atoms with Crippen LogP contribution in [0.3, 0.4) is 0 Å². The molecule has 4 heteroatoms. The van der Waals surface area contributed by atoms with Gasteiger partial charge in [0.2, 0.25) is 0 Å². The van der Waals surface area contributed by atoms with Crippen molar-refractivity contribution in [3.05, 3.63) is 29.1 Å². The summed E-state index contributed by atoms with van der Waals surface area (Å²) in [6.07, 6.45) is 0.932. The molecular formula is C13H17FN2O. The van der Waals surface area contributed by atoms with Crippen molar-refractivity contribution in [3.8, 4) is 0 Å². The average molecular weight is 236 g/mol. The third kappa shape index (κ3) is 2.25. The zero-order valence-electron chi connectivity index (χ0n) is 10.3. The van der Waals surface area contributed by atoms with Gasteiger partial charge in [-0.1, -0.05) is 13.8 Å². The van der Waals surface area contributed by atoms with Gasteiger partial charge in [-0.05, 0) is 36.5 Å². The minimum absolute atomic E-state index is 0.0326. The molecule has 0 radical (unpaired) electrons. The number of nitrogens with two attached hydrogens (primary N) is 1. The van der Waals surface area contributed by atoms with Gasteiger partial charge in [0.1, 0.15) is 5.82 Å². The molecule has 2 rings (SSSR count). The van der Waals surface area contributed by atoms with Crippen LogP contribution in [0.4, 0.5) is 10.1 Å². The van der Waals surface area contributed by atoms with Crippen molar-refractivity contribution in [2.24, 2.45) is 5.41 Å². The Kier molecular flexibility index (Phi) is 2.60. The van der Waals surface area contributed by atoms with Gasteiger partial charge in [-0.25, -0.2) is 4.39 Å². The van der Waals surface area contributed by atoms with Crippen LogP contribution in [-0.2, 0) is 0 Å². The van der Waals surface area contributed by atoms with Crippen molar-refractivity contribution in [1.82, 2.24) is 5.32 Å². The Morgan fingerprint density at radius 1 is 1.53 bits per heavy atom. The second-order valence-electron chi connectivity index (χ2n) is 5.42. The summed E-state index contributed by atoms with van der Waals surface area (Å²) in [6.45, 7) is 5.74. The molecule has 1 aliphatic carbocycles. The second kappa shape index (κ2) is 3.72. The summed E-state index contributed by atoms with van der Waals surface area (Å²) >= 11 is 0. The minimum atomic E-state index is -0.491. The Labute approximate surface area is 100 Å². The second-order valence-corrected chi connectivity index (χ2v) is 5.42. The number of benzene rings is 1. The van der Waals surface area contributed by atoms with Crippen molar-refractivity contribution >= 4 is 11.6 Å². The number of carbonyl (C=O) groups is 1. The largest absolute Gasteiger partial charge is 0.399 e. The van der Waals surface area contributed by atoms with Crippen molar-refractivity contribution in [1.29, 1.82) is 0 Å². The van der Waals surface area contributed by atoms with E-state index in [0.717, 1.165) is 6.42 Å². The van der Waals surface area contributed by atoms with E-state index in [0.29, 0.717) is 11.3 Å². The molecule has 3 N–H and O–H groups in total. The molecule has 3 nitrogen and oxygen atoms in total. The van der Waals surface area contributed by atoms with Crippen LogP contribution in [0.5, 0.6) is 0 Å². The smallest absolute Gasteiger partial charge is 0.254 e. The van der Waals surface area contributed by atoms with Gasteiger partial charge in [0.15, 0.2) is 0 Å². The number of carbonyl (C=O) groups excluding carboxylic acids is 1. The van der Waals surface area contributed by atoms with Crippen LogP contribution >= 0.6 is 0 Å². The zero-order chi connectivity index (χ0) is 12.8. The number of anilines is 1. The molecule has 17 heavy (non-hydrogen) atoms. The number of hydrogen-bond donors (Lipinski definition) is 2. The highest BCUT2D eigenvalue weighted by molar-refractivity contribution is 5.96. The lowest BCUT2D eigenvalue weighted by molar-refractivity contribution is 0.0942. The number of aryl methyl sites for hydroxylation is 1. The third-order valence-corrected chi connectivity index (χ3v) is 3.34. The van der Waals surface area contributed by atoms with Crippen LogP contribution < -0.4 is 11.1 Å². The molecular weight excluding hydrogens is 219 g/mol. The van der Waals surface area contributed by atoms with Crippen molar-refractivity contribution in [2.75, 3.05) is 5.73 Å². The number of amides is 1. The quantitative estimate of drug-likeness (QED) is 0.774. The maximum Gasteiger partial charge on any atom is 0.254 e. The van der Waals surface area contributed by atoms with Crippen LogP contribution in [0.15, 0.2) is 12.1 Å². The first kappa shape index (κ1) is 11.9. The van der Waals surface area contributed by atoms with Crippen LogP contribution in [-0.4, -0.2) is 11.9 Å². The number of halogens is 1. The molecule has 0 spiro atoms. The molecule has 1 saturated carbocycles. The summed E-state index contributed by atoms with van der Waals surface area (Å²) in [7, 11) is 0. The topological polar surface area (TPSA) is 55.1 Å². The summed E-state index contributed by atoms with van der Waals surface area (Å²) in [5.74, 6) is -0.872. The molecule has 0 saturated heterocycles. The van der Waals surface area contributed by atoms with Gasteiger partial charge in [0, 0.05) is 11.7 Å². The fourth-order valence-electron chi connectivity index (χ4n) is 1.91. The molecule has 1 fully saturated rings. The minimum Gasteiger partial charge on any atom is -0.399 e. The van der Waals surface area contributed by atoms with E-state index in [2.05, 4.69) is 19.2 Å². The first-order chi connectivity index (χ1) is 7.81. The van der Waals surface area contributed by atoms with E-state index >= 15 is 0 Å². The van der Waals surface area contributed by atoms with Gasteiger partial charge >= 0.3 is 0 Å². The van der Waals surface area contributed by atoms with Gasteiger partial charge in [0.05, 0.1) is 5.56 Å². The van der Waals surface area contributed by atoms with Gasteiger partial charge in [-0.3, -0.25) is 4.79 Å². The van der Waals surface area contributed by atoms with Crippen LogP contribution in [0.25, 0.3) is 0 Å². The predicted molar refractivity (Wildman–Crippen MR) is 65.2 cm³/mol. The number of rotatable bonds is 2. The van der Waals surface area contributed by atoms with Gasteiger partial charge < -0.3 is 11.1 Å². The Hall–Kier alpha value is -1.58. The lowest BCUT2D eigenvalue weighted by Gasteiger charge is -2.09. The first-order valence-corrected chi connectivity index (χ1v) is 5.68. The first-order valence-electron chi connectivity index (χ1n) is 5.68. The average Bonchev–Trinajstić information content (AvgIpc) is 2.79. The van der Waals surface area contributed by atoms with Crippen molar-refractivity contribution in [2.45, 2.75) is 33.2 Å². The van der Waals surface area contributed by atoms with Gasteiger partial charge in [-0.15, -0.1) is 0 Å². The highest BCUT2D eigenvalue weighted by atomic mass is 19.1. The lowest BCUT2D eigenvalue weighted by Crippen LogP contribution is -2.29. The fourth-order valence-corrected chi connectivity index (χ4v) is 1.91. The molecule has 92 valence electrons. The van der Waals surface area contributed by atoms with E-state index < -0.39 is 5.82 Å². The van der Waals surface area contributed by atoms with Gasteiger partial charge in [0.25, 0.3) is 5.91 Å². The number of hydrogen-bond acceptors (Lipinski definition) is 2. The third-order valence-electron chi connectivity index (χ3n) is 3.34. The Morgan fingerprint density at radius 3 is 2.65 bits per heavy atom. The van der Waals surface area contributed by atoms with Crippen LogP contribution in [0.2, 0.25) is 0 Å². The van der Waals surface area contributed by atoms with E-state index in [-0.39, 0.29) is 22.9 Å². The Morgan fingerprint density at radius 2 is 2.12 bits per heavy atom. The maximum atomic E-state index is 13.8.